The minimum atomic E-state index is -0.281. The second kappa shape index (κ2) is 6.05. The Bertz CT molecular complexity index is 420. The van der Waals surface area contributed by atoms with Crippen LogP contribution in [0.4, 0.5) is 4.79 Å². The largest absolute Gasteiger partial charge is 0.350 e. The van der Waals surface area contributed by atoms with E-state index in [4.69, 9.17) is 0 Å². The average Bonchev–Trinajstić information content (AvgIpc) is 2.40. The molecule has 0 atom stereocenters. The number of hydrogen-bond acceptors (Lipinski definition) is 2. The van der Waals surface area contributed by atoms with E-state index in [0.717, 1.165) is 12.0 Å². The number of hydrogen-bond donors (Lipinski definition) is 1. The first-order valence-corrected chi connectivity index (χ1v) is 6.03. The van der Waals surface area contributed by atoms with E-state index in [1.165, 1.54) is 4.90 Å². The summed E-state index contributed by atoms with van der Waals surface area (Å²) in [7, 11) is 0. The van der Waals surface area contributed by atoms with Gasteiger partial charge in [-0.2, -0.15) is 0 Å². The predicted molar refractivity (Wildman–Crippen MR) is 66.9 cm³/mol. The Morgan fingerprint density at radius 3 is 2.83 bits per heavy atom. The molecule has 3 amide bonds. The number of amides is 3. The van der Waals surface area contributed by atoms with Crippen molar-refractivity contribution in [2.45, 2.75) is 13.0 Å². The molecule has 1 radical (unpaired) electrons. The molecule has 0 aromatic heterocycles. The number of benzene rings is 1. The predicted octanol–water partition coefficient (Wildman–Crippen LogP) is 0.733. The average molecular weight is 246 g/mol. The van der Waals surface area contributed by atoms with Crippen LogP contribution >= 0.6 is 0 Å². The van der Waals surface area contributed by atoms with Gasteiger partial charge in [0.15, 0.2) is 0 Å². The van der Waals surface area contributed by atoms with Crippen LogP contribution in [-0.2, 0) is 11.3 Å². The molecule has 2 rings (SSSR count). The highest BCUT2D eigenvalue weighted by atomic mass is 16.2. The van der Waals surface area contributed by atoms with E-state index in [0.29, 0.717) is 19.6 Å². The summed E-state index contributed by atoms with van der Waals surface area (Å²) < 4.78 is 0. The smallest absolute Gasteiger partial charge is 0.339 e. The van der Waals surface area contributed by atoms with Gasteiger partial charge in [0, 0.05) is 19.6 Å². The lowest BCUT2D eigenvalue weighted by Gasteiger charge is -2.25. The molecule has 1 aromatic rings. The summed E-state index contributed by atoms with van der Waals surface area (Å²) in [5.41, 5.74) is 1.04. The molecular weight excluding hydrogens is 230 g/mol. The van der Waals surface area contributed by atoms with Crippen LogP contribution in [-0.4, -0.2) is 36.5 Å². The molecule has 1 aromatic carbocycles. The van der Waals surface area contributed by atoms with E-state index >= 15 is 0 Å². The van der Waals surface area contributed by atoms with Gasteiger partial charge in [-0.15, -0.1) is 0 Å². The molecule has 1 saturated heterocycles. The molecule has 1 fully saturated rings. The third-order valence-corrected chi connectivity index (χ3v) is 2.77. The van der Waals surface area contributed by atoms with Gasteiger partial charge in [0.25, 0.3) is 0 Å². The summed E-state index contributed by atoms with van der Waals surface area (Å²) in [6, 6.07) is 9.39. The van der Waals surface area contributed by atoms with Crippen molar-refractivity contribution in [3.8, 4) is 0 Å². The summed E-state index contributed by atoms with van der Waals surface area (Å²) in [5, 5.41) is 6.58. The number of carbonyl (C=O) groups is 2. The molecule has 1 aliphatic heterocycles. The van der Waals surface area contributed by atoms with Crippen LogP contribution < -0.4 is 10.6 Å². The summed E-state index contributed by atoms with van der Waals surface area (Å²) >= 11 is 0. The van der Waals surface area contributed by atoms with Crippen LogP contribution in [0.1, 0.15) is 12.0 Å². The highest BCUT2D eigenvalue weighted by Crippen LogP contribution is 2.01. The first kappa shape index (κ1) is 12.4. The summed E-state index contributed by atoms with van der Waals surface area (Å²) in [6.45, 7) is 1.76. The Labute approximate surface area is 106 Å². The van der Waals surface area contributed by atoms with Crippen LogP contribution in [0.15, 0.2) is 30.3 Å². The third-order valence-electron chi connectivity index (χ3n) is 2.77. The van der Waals surface area contributed by atoms with Gasteiger partial charge >= 0.3 is 6.03 Å². The number of carbonyl (C=O) groups excluding carboxylic acids is 2. The van der Waals surface area contributed by atoms with Gasteiger partial charge in [0.1, 0.15) is 6.54 Å². The number of urea groups is 1. The van der Waals surface area contributed by atoms with Gasteiger partial charge in [0.2, 0.25) is 5.91 Å². The molecule has 5 heteroatoms. The van der Waals surface area contributed by atoms with Crippen molar-refractivity contribution in [1.82, 2.24) is 15.5 Å². The van der Waals surface area contributed by atoms with E-state index in [1.54, 1.807) is 0 Å². The lowest BCUT2D eigenvalue weighted by molar-refractivity contribution is -0.121. The van der Waals surface area contributed by atoms with Crippen LogP contribution in [0.3, 0.4) is 0 Å². The Morgan fingerprint density at radius 1 is 1.33 bits per heavy atom. The summed E-state index contributed by atoms with van der Waals surface area (Å²) in [4.78, 5) is 24.5. The molecule has 0 saturated carbocycles. The molecule has 1 N–H and O–H groups in total. The zero-order chi connectivity index (χ0) is 12.8. The van der Waals surface area contributed by atoms with Crippen molar-refractivity contribution in [2.75, 3.05) is 19.6 Å². The topological polar surface area (TPSA) is 63.5 Å². The quantitative estimate of drug-likeness (QED) is 0.851. The molecule has 0 bridgehead atoms. The summed E-state index contributed by atoms with van der Waals surface area (Å²) in [5.74, 6) is -0.149. The Hall–Kier alpha value is -2.04. The first-order chi connectivity index (χ1) is 8.75. The number of rotatable bonds is 4. The van der Waals surface area contributed by atoms with Gasteiger partial charge in [-0.3, -0.25) is 4.79 Å². The van der Waals surface area contributed by atoms with Crippen molar-refractivity contribution < 1.29 is 9.59 Å². The molecule has 18 heavy (non-hydrogen) atoms. The summed E-state index contributed by atoms with van der Waals surface area (Å²) in [6.07, 6.45) is 0.831. The number of nitrogens with one attached hydrogen (secondary N) is 1. The Morgan fingerprint density at radius 2 is 2.11 bits per heavy atom. The molecule has 1 aliphatic rings. The highest BCUT2D eigenvalue weighted by molar-refractivity contribution is 5.84. The maximum Gasteiger partial charge on any atom is 0.339 e. The van der Waals surface area contributed by atoms with E-state index in [-0.39, 0.29) is 18.5 Å². The van der Waals surface area contributed by atoms with Crippen molar-refractivity contribution in [3.05, 3.63) is 35.9 Å². The maximum absolute atomic E-state index is 11.7. The van der Waals surface area contributed by atoms with Crippen molar-refractivity contribution in [2.24, 2.45) is 0 Å². The fourth-order valence-electron chi connectivity index (χ4n) is 1.80. The van der Waals surface area contributed by atoms with Crippen LogP contribution in [0, 0.1) is 0 Å². The minimum Gasteiger partial charge on any atom is -0.350 e. The zero-order valence-corrected chi connectivity index (χ0v) is 10.1. The fourth-order valence-corrected chi connectivity index (χ4v) is 1.80. The third kappa shape index (κ3) is 3.48. The molecular formula is C13H16N3O2. The monoisotopic (exact) mass is 246 g/mol. The van der Waals surface area contributed by atoms with Crippen molar-refractivity contribution >= 4 is 11.9 Å². The van der Waals surface area contributed by atoms with Gasteiger partial charge in [-0.05, 0) is 12.0 Å². The Balaban J connectivity index is 1.76. The first-order valence-electron chi connectivity index (χ1n) is 6.03. The molecule has 0 aliphatic carbocycles. The molecule has 0 unspecified atom stereocenters. The zero-order valence-electron chi connectivity index (χ0n) is 10.1. The van der Waals surface area contributed by atoms with Gasteiger partial charge < -0.3 is 10.2 Å². The minimum absolute atomic E-state index is 0.0924. The normalized spacial score (nSPS) is 15.1. The second-order valence-electron chi connectivity index (χ2n) is 4.20. The van der Waals surface area contributed by atoms with Gasteiger partial charge in [-0.25, -0.2) is 10.1 Å². The lowest BCUT2D eigenvalue weighted by Crippen LogP contribution is -2.47. The SMILES string of the molecule is O=C(CN1CCC[N]C1=O)NCc1ccccc1. The lowest BCUT2D eigenvalue weighted by atomic mass is 10.2. The molecule has 0 spiro atoms. The van der Waals surface area contributed by atoms with E-state index in [2.05, 4.69) is 10.6 Å². The van der Waals surface area contributed by atoms with Crippen LogP contribution in [0.25, 0.3) is 0 Å². The van der Waals surface area contributed by atoms with Crippen LogP contribution in [0.5, 0.6) is 0 Å². The Kier molecular flexibility index (Phi) is 4.17. The van der Waals surface area contributed by atoms with E-state index < -0.39 is 0 Å². The number of nitrogens with zero attached hydrogens (tertiary/aromatic N) is 2. The van der Waals surface area contributed by atoms with Crippen LogP contribution in [0.2, 0.25) is 0 Å². The van der Waals surface area contributed by atoms with Crippen molar-refractivity contribution in [3.63, 3.8) is 0 Å². The highest BCUT2D eigenvalue weighted by Gasteiger charge is 2.21. The van der Waals surface area contributed by atoms with E-state index in [9.17, 15) is 9.59 Å². The van der Waals surface area contributed by atoms with Gasteiger partial charge in [0.05, 0.1) is 0 Å². The maximum atomic E-state index is 11.7. The standard InChI is InChI=1S/C13H16N3O2/c17-12(10-16-8-4-7-14-13(16)18)15-9-11-5-2-1-3-6-11/h1-3,5-6H,4,7-10H2,(H,15,17). The molecule has 5 nitrogen and oxygen atoms in total. The molecule has 95 valence electrons. The van der Waals surface area contributed by atoms with E-state index in [1.807, 2.05) is 30.3 Å². The van der Waals surface area contributed by atoms with Gasteiger partial charge in [-0.1, -0.05) is 30.3 Å². The second-order valence-corrected chi connectivity index (χ2v) is 4.20. The fraction of sp³-hybridized carbons (Fsp3) is 0.385. The molecule has 1 heterocycles. The van der Waals surface area contributed by atoms with Crippen molar-refractivity contribution in [1.29, 1.82) is 0 Å².